The highest BCUT2D eigenvalue weighted by molar-refractivity contribution is 7.98. The first-order valence-electron chi connectivity index (χ1n) is 5.70. The Kier molecular flexibility index (Phi) is 4.04. The number of halogens is 1. The highest BCUT2D eigenvalue weighted by Gasteiger charge is 2.16. The predicted molar refractivity (Wildman–Crippen MR) is 73.4 cm³/mol. The van der Waals surface area contributed by atoms with Crippen LogP contribution in [0.5, 0.6) is 0 Å². The quantitative estimate of drug-likeness (QED) is 0.845. The molecule has 2 aromatic carbocycles. The summed E-state index contributed by atoms with van der Waals surface area (Å²) in [5, 5.41) is 10.4. The van der Waals surface area contributed by atoms with Crippen molar-refractivity contribution >= 4 is 11.8 Å². The van der Waals surface area contributed by atoms with E-state index in [4.69, 9.17) is 0 Å². The minimum atomic E-state index is -0.714. The fourth-order valence-electron chi connectivity index (χ4n) is 2.01. The molecule has 0 fully saturated rings. The Hall–Kier alpha value is -1.32. The Morgan fingerprint density at radius 1 is 1.11 bits per heavy atom. The van der Waals surface area contributed by atoms with Crippen LogP contribution in [0.3, 0.4) is 0 Å². The molecular weight excluding hydrogens is 247 g/mol. The van der Waals surface area contributed by atoms with Crippen LogP contribution in [0.25, 0.3) is 0 Å². The zero-order chi connectivity index (χ0) is 13.1. The second-order valence-electron chi connectivity index (χ2n) is 4.15. The fourth-order valence-corrected chi connectivity index (χ4v) is 2.64. The molecule has 0 saturated carbocycles. The van der Waals surface area contributed by atoms with Crippen molar-refractivity contribution in [1.29, 1.82) is 0 Å². The molecular formula is C15H15FOS. The first kappa shape index (κ1) is 13.1. The standard InChI is InChI=1S/C15H15FOS/c1-10-9-11(16)7-8-12(10)15(17)13-5-3-4-6-14(13)18-2/h3-9,15,17H,1-2H3. The summed E-state index contributed by atoms with van der Waals surface area (Å²) in [7, 11) is 0. The van der Waals surface area contributed by atoms with Crippen LogP contribution in [-0.4, -0.2) is 11.4 Å². The maximum atomic E-state index is 13.1. The van der Waals surface area contributed by atoms with E-state index in [1.807, 2.05) is 37.4 Å². The molecule has 3 heteroatoms. The first-order chi connectivity index (χ1) is 8.63. The molecule has 0 spiro atoms. The van der Waals surface area contributed by atoms with E-state index < -0.39 is 6.10 Å². The lowest BCUT2D eigenvalue weighted by atomic mass is 9.97. The van der Waals surface area contributed by atoms with Gasteiger partial charge in [-0.3, -0.25) is 0 Å². The summed E-state index contributed by atoms with van der Waals surface area (Å²) in [6.07, 6.45) is 1.26. The van der Waals surface area contributed by atoms with E-state index in [1.54, 1.807) is 17.8 Å². The van der Waals surface area contributed by atoms with Crippen LogP contribution in [0.4, 0.5) is 4.39 Å². The average molecular weight is 262 g/mol. The molecule has 0 bridgehead atoms. The summed E-state index contributed by atoms with van der Waals surface area (Å²) in [5.74, 6) is -0.276. The van der Waals surface area contributed by atoms with Gasteiger partial charge < -0.3 is 5.11 Å². The Bertz CT molecular complexity index is 554. The van der Waals surface area contributed by atoms with Gasteiger partial charge in [-0.2, -0.15) is 0 Å². The van der Waals surface area contributed by atoms with Crippen molar-refractivity contribution in [2.45, 2.75) is 17.9 Å². The predicted octanol–water partition coefficient (Wildman–Crippen LogP) is 3.94. The smallest absolute Gasteiger partial charge is 0.123 e. The van der Waals surface area contributed by atoms with Crippen LogP contribution in [0.15, 0.2) is 47.4 Å². The maximum Gasteiger partial charge on any atom is 0.123 e. The Balaban J connectivity index is 2.44. The number of hydrogen-bond acceptors (Lipinski definition) is 2. The van der Waals surface area contributed by atoms with E-state index in [1.165, 1.54) is 12.1 Å². The molecule has 0 saturated heterocycles. The van der Waals surface area contributed by atoms with Gasteiger partial charge in [0.05, 0.1) is 0 Å². The van der Waals surface area contributed by atoms with Crippen LogP contribution in [0, 0.1) is 12.7 Å². The second-order valence-corrected chi connectivity index (χ2v) is 4.99. The maximum absolute atomic E-state index is 13.1. The van der Waals surface area contributed by atoms with E-state index in [-0.39, 0.29) is 5.82 Å². The van der Waals surface area contributed by atoms with Crippen molar-refractivity contribution in [2.24, 2.45) is 0 Å². The number of hydrogen-bond donors (Lipinski definition) is 1. The number of thioether (sulfide) groups is 1. The zero-order valence-electron chi connectivity index (χ0n) is 10.4. The van der Waals surface area contributed by atoms with Gasteiger partial charge in [-0.25, -0.2) is 4.39 Å². The topological polar surface area (TPSA) is 20.2 Å². The Morgan fingerprint density at radius 2 is 1.83 bits per heavy atom. The molecule has 0 amide bonds. The summed E-state index contributed by atoms with van der Waals surface area (Å²) < 4.78 is 13.1. The van der Waals surface area contributed by atoms with E-state index in [9.17, 15) is 9.50 Å². The summed E-state index contributed by atoms with van der Waals surface area (Å²) in [6, 6.07) is 12.2. The molecule has 18 heavy (non-hydrogen) atoms. The van der Waals surface area contributed by atoms with Crippen molar-refractivity contribution in [3.8, 4) is 0 Å². The summed E-state index contributed by atoms with van der Waals surface area (Å²) >= 11 is 1.59. The highest BCUT2D eigenvalue weighted by Crippen LogP contribution is 2.31. The highest BCUT2D eigenvalue weighted by atomic mass is 32.2. The van der Waals surface area contributed by atoms with E-state index in [2.05, 4.69) is 0 Å². The molecule has 0 aliphatic heterocycles. The van der Waals surface area contributed by atoms with E-state index in [0.29, 0.717) is 0 Å². The third-order valence-corrected chi connectivity index (χ3v) is 3.77. The van der Waals surface area contributed by atoms with Gasteiger partial charge in [0.2, 0.25) is 0 Å². The van der Waals surface area contributed by atoms with Gasteiger partial charge in [0.15, 0.2) is 0 Å². The number of aryl methyl sites for hydroxylation is 1. The van der Waals surface area contributed by atoms with Gasteiger partial charge in [0.25, 0.3) is 0 Å². The fraction of sp³-hybridized carbons (Fsp3) is 0.200. The van der Waals surface area contributed by atoms with Gasteiger partial charge in [-0.05, 0) is 48.1 Å². The van der Waals surface area contributed by atoms with Gasteiger partial charge >= 0.3 is 0 Å². The Morgan fingerprint density at radius 3 is 2.50 bits per heavy atom. The largest absolute Gasteiger partial charge is 0.384 e. The van der Waals surface area contributed by atoms with Crippen LogP contribution in [0.1, 0.15) is 22.8 Å². The molecule has 0 aromatic heterocycles. The number of rotatable bonds is 3. The Labute approximate surface area is 111 Å². The molecule has 1 atom stereocenters. The van der Waals surface area contributed by atoms with Gasteiger partial charge in [0, 0.05) is 4.90 Å². The average Bonchev–Trinajstić information content (AvgIpc) is 2.38. The van der Waals surface area contributed by atoms with Crippen molar-refractivity contribution in [1.82, 2.24) is 0 Å². The van der Waals surface area contributed by atoms with Crippen LogP contribution >= 0.6 is 11.8 Å². The van der Waals surface area contributed by atoms with Crippen LogP contribution in [-0.2, 0) is 0 Å². The summed E-state index contributed by atoms with van der Waals surface area (Å²) in [4.78, 5) is 1.04. The van der Waals surface area contributed by atoms with E-state index >= 15 is 0 Å². The van der Waals surface area contributed by atoms with Crippen LogP contribution < -0.4 is 0 Å². The lowest BCUT2D eigenvalue weighted by molar-refractivity contribution is 0.216. The monoisotopic (exact) mass is 262 g/mol. The third kappa shape index (κ3) is 2.57. The lowest BCUT2D eigenvalue weighted by Crippen LogP contribution is -2.03. The van der Waals surface area contributed by atoms with Crippen molar-refractivity contribution in [3.63, 3.8) is 0 Å². The van der Waals surface area contributed by atoms with Gasteiger partial charge in [-0.15, -0.1) is 11.8 Å². The third-order valence-electron chi connectivity index (χ3n) is 2.96. The number of benzene rings is 2. The molecule has 0 radical (unpaired) electrons. The number of aliphatic hydroxyl groups is 1. The van der Waals surface area contributed by atoms with E-state index in [0.717, 1.165) is 21.6 Å². The summed E-state index contributed by atoms with van der Waals surface area (Å²) in [6.45, 7) is 1.81. The normalized spacial score (nSPS) is 12.4. The van der Waals surface area contributed by atoms with Gasteiger partial charge in [-0.1, -0.05) is 24.3 Å². The molecule has 1 nitrogen and oxygen atoms in total. The SMILES string of the molecule is CSc1ccccc1C(O)c1ccc(F)cc1C. The second kappa shape index (κ2) is 5.55. The molecule has 1 unspecified atom stereocenters. The number of aliphatic hydroxyl groups excluding tert-OH is 1. The zero-order valence-corrected chi connectivity index (χ0v) is 11.2. The molecule has 0 aliphatic carbocycles. The molecule has 2 aromatic rings. The summed E-state index contributed by atoms with van der Waals surface area (Å²) in [5.41, 5.74) is 2.37. The molecule has 0 aliphatic rings. The lowest BCUT2D eigenvalue weighted by Gasteiger charge is -2.16. The molecule has 0 heterocycles. The molecule has 94 valence electrons. The molecule has 2 rings (SSSR count). The van der Waals surface area contributed by atoms with Crippen molar-refractivity contribution < 1.29 is 9.50 Å². The first-order valence-corrected chi connectivity index (χ1v) is 6.93. The van der Waals surface area contributed by atoms with Gasteiger partial charge in [0.1, 0.15) is 11.9 Å². The molecule has 1 N–H and O–H groups in total. The minimum absolute atomic E-state index is 0.276. The van der Waals surface area contributed by atoms with Crippen molar-refractivity contribution in [3.05, 3.63) is 65.0 Å². The van der Waals surface area contributed by atoms with Crippen molar-refractivity contribution in [2.75, 3.05) is 6.26 Å². The van der Waals surface area contributed by atoms with Crippen LogP contribution in [0.2, 0.25) is 0 Å². The minimum Gasteiger partial charge on any atom is -0.384 e.